The summed E-state index contributed by atoms with van der Waals surface area (Å²) < 4.78 is 18.7. The van der Waals surface area contributed by atoms with Gasteiger partial charge in [0.1, 0.15) is 5.82 Å². The lowest BCUT2D eigenvalue weighted by Gasteiger charge is -2.32. The third-order valence-corrected chi connectivity index (χ3v) is 5.20. The van der Waals surface area contributed by atoms with Gasteiger partial charge in [0.25, 0.3) is 5.91 Å². The van der Waals surface area contributed by atoms with E-state index < -0.39 is 23.1 Å². The second-order valence-electron chi connectivity index (χ2n) is 6.65. The predicted octanol–water partition coefficient (Wildman–Crippen LogP) is 2.12. The molecular formula is C18H21ClFNO4. The number of ether oxygens (including phenoxy) is 1. The van der Waals surface area contributed by atoms with Crippen LogP contribution in [0.25, 0.3) is 0 Å². The van der Waals surface area contributed by atoms with Crippen molar-refractivity contribution in [3.63, 3.8) is 0 Å². The maximum atomic E-state index is 13.4. The molecule has 2 fully saturated rings. The summed E-state index contributed by atoms with van der Waals surface area (Å²) in [6.45, 7) is 1.54. The zero-order valence-corrected chi connectivity index (χ0v) is 14.6. The van der Waals surface area contributed by atoms with Crippen molar-refractivity contribution < 1.29 is 23.8 Å². The number of hydrogen-bond acceptors (Lipinski definition) is 4. The molecule has 0 radical (unpaired) electrons. The number of aliphatic hydroxyl groups is 1. The molecule has 2 heterocycles. The summed E-state index contributed by atoms with van der Waals surface area (Å²) in [5, 5.41) is 10.9. The Balaban J connectivity index is 1.63. The first-order valence-corrected chi connectivity index (χ1v) is 8.87. The van der Waals surface area contributed by atoms with Gasteiger partial charge in [0, 0.05) is 43.7 Å². The summed E-state index contributed by atoms with van der Waals surface area (Å²) >= 11 is 5.80. The molecule has 136 valence electrons. The molecular weight excluding hydrogens is 349 g/mol. The van der Waals surface area contributed by atoms with Crippen LogP contribution >= 0.6 is 11.6 Å². The normalized spacial score (nSPS) is 24.8. The lowest BCUT2D eigenvalue weighted by atomic mass is 9.92. The lowest BCUT2D eigenvalue weighted by Crippen LogP contribution is -2.50. The molecule has 1 N–H and O–H groups in total. The van der Waals surface area contributed by atoms with Crippen LogP contribution in [0, 0.1) is 5.82 Å². The van der Waals surface area contributed by atoms with Gasteiger partial charge in [0.2, 0.25) is 5.60 Å². The molecule has 0 spiro atoms. The van der Waals surface area contributed by atoms with Crippen molar-refractivity contribution >= 4 is 23.3 Å². The molecule has 1 amide bonds. The minimum atomic E-state index is -1.96. The molecule has 2 aliphatic heterocycles. The molecule has 2 saturated heterocycles. The van der Waals surface area contributed by atoms with E-state index >= 15 is 0 Å². The number of hydrogen-bond donors (Lipinski definition) is 1. The van der Waals surface area contributed by atoms with Crippen molar-refractivity contribution in [1.82, 2.24) is 4.90 Å². The number of likely N-dealkylation sites (tertiary alicyclic amines) is 1. The maximum Gasteiger partial charge on any atom is 0.262 e. The molecule has 0 aliphatic carbocycles. The van der Waals surface area contributed by atoms with Crippen LogP contribution in [0.1, 0.15) is 31.2 Å². The largest absolute Gasteiger partial charge is 0.381 e. The van der Waals surface area contributed by atoms with E-state index in [2.05, 4.69) is 0 Å². The third kappa shape index (κ3) is 3.86. The SMILES string of the molecule is O=C(CCc1cc(F)cc(Cl)c1)[C@]1(O)CCN(C2CCOCC2)C1=O. The summed E-state index contributed by atoms with van der Waals surface area (Å²) in [5.41, 5.74) is -1.40. The van der Waals surface area contributed by atoms with Gasteiger partial charge in [-0.25, -0.2) is 4.39 Å². The van der Waals surface area contributed by atoms with E-state index in [0.717, 1.165) is 12.8 Å². The van der Waals surface area contributed by atoms with Crippen molar-refractivity contribution in [2.75, 3.05) is 19.8 Å². The quantitative estimate of drug-likeness (QED) is 0.807. The molecule has 7 heteroatoms. The highest BCUT2D eigenvalue weighted by Gasteiger charge is 2.51. The fraction of sp³-hybridized carbons (Fsp3) is 0.556. The summed E-state index contributed by atoms with van der Waals surface area (Å²) in [5.74, 6) is -1.51. The number of ketones is 1. The second-order valence-corrected chi connectivity index (χ2v) is 7.09. The molecule has 0 unspecified atom stereocenters. The molecule has 0 saturated carbocycles. The number of aryl methyl sites for hydroxylation is 1. The van der Waals surface area contributed by atoms with Crippen LogP contribution in [0.5, 0.6) is 0 Å². The molecule has 0 bridgehead atoms. The first-order valence-electron chi connectivity index (χ1n) is 8.49. The van der Waals surface area contributed by atoms with Crippen LogP contribution in [0.2, 0.25) is 5.02 Å². The number of rotatable bonds is 5. The first kappa shape index (κ1) is 18.3. The van der Waals surface area contributed by atoms with Gasteiger partial charge in [0.15, 0.2) is 5.78 Å². The minimum Gasteiger partial charge on any atom is -0.381 e. The van der Waals surface area contributed by atoms with Crippen molar-refractivity contribution in [2.45, 2.75) is 43.7 Å². The Labute approximate surface area is 150 Å². The highest BCUT2D eigenvalue weighted by molar-refractivity contribution is 6.30. The monoisotopic (exact) mass is 369 g/mol. The predicted molar refractivity (Wildman–Crippen MR) is 89.9 cm³/mol. The Morgan fingerprint density at radius 3 is 2.76 bits per heavy atom. The average Bonchev–Trinajstić information content (AvgIpc) is 2.89. The molecule has 1 aromatic rings. The number of carbonyl (C=O) groups excluding carboxylic acids is 2. The van der Waals surface area contributed by atoms with E-state index in [4.69, 9.17) is 16.3 Å². The fourth-order valence-corrected chi connectivity index (χ4v) is 3.80. The van der Waals surface area contributed by atoms with Crippen LogP contribution in [-0.4, -0.2) is 53.1 Å². The number of nitrogens with zero attached hydrogens (tertiary/aromatic N) is 1. The van der Waals surface area contributed by atoms with Gasteiger partial charge < -0.3 is 14.7 Å². The summed E-state index contributed by atoms with van der Waals surface area (Å²) in [6.07, 6.45) is 1.73. The van der Waals surface area contributed by atoms with Gasteiger partial charge in [-0.05, 0) is 43.0 Å². The first-order chi connectivity index (χ1) is 11.9. The second kappa shape index (κ2) is 7.40. The Morgan fingerprint density at radius 2 is 2.08 bits per heavy atom. The third-order valence-electron chi connectivity index (χ3n) is 4.99. The zero-order chi connectivity index (χ0) is 18.0. The van der Waals surface area contributed by atoms with Crippen LogP contribution in [0.4, 0.5) is 4.39 Å². The van der Waals surface area contributed by atoms with Crippen LogP contribution in [0.15, 0.2) is 18.2 Å². The van der Waals surface area contributed by atoms with E-state index in [-0.39, 0.29) is 30.3 Å². The summed E-state index contributed by atoms with van der Waals surface area (Å²) in [4.78, 5) is 26.7. The molecule has 0 aromatic heterocycles. The van der Waals surface area contributed by atoms with Gasteiger partial charge >= 0.3 is 0 Å². The van der Waals surface area contributed by atoms with Gasteiger partial charge in [0.05, 0.1) is 0 Å². The molecule has 3 rings (SSSR count). The standard InChI is InChI=1S/C18H21ClFNO4/c19-13-9-12(10-14(20)11-13)1-2-16(22)18(24)5-6-21(17(18)23)15-3-7-25-8-4-15/h9-11,15,24H,1-8H2/t18-/m1/s1. The Kier molecular flexibility index (Phi) is 5.41. The number of amides is 1. The highest BCUT2D eigenvalue weighted by Crippen LogP contribution is 2.30. The number of carbonyl (C=O) groups is 2. The van der Waals surface area contributed by atoms with Crippen molar-refractivity contribution in [2.24, 2.45) is 0 Å². The number of Topliss-reactive ketones (excluding diaryl/α,β-unsaturated/α-hetero) is 1. The molecule has 5 nitrogen and oxygen atoms in total. The van der Waals surface area contributed by atoms with E-state index in [1.807, 2.05) is 0 Å². The topological polar surface area (TPSA) is 66.8 Å². The van der Waals surface area contributed by atoms with E-state index in [1.54, 1.807) is 11.0 Å². The van der Waals surface area contributed by atoms with Gasteiger partial charge in [-0.15, -0.1) is 0 Å². The molecule has 2 aliphatic rings. The summed E-state index contributed by atoms with van der Waals surface area (Å²) in [7, 11) is 0. The average molecular weight is 370 g/mol. The number of halogens is 2. The van der Waals surface area contributed by atoms with Crippen LogP contribution in [-0.2, 0) is 20.7 Å². The Morgan fingerprint density at radius 1 is 1.36 bits per heavy atom. The smallest absolute Gasteiger partial charge is 0.262 e. The van der Waals surface area contributed by atoms with Crippen molar-refractivity contribution in [3.8, 4) is 0 Å². The lowest BCUT2D eigenvalue weighted by molar-refractivity contribution is -0.154. The highest BCUT2D eigenvalue weighted by atomic mass is 35.5. The maximum absolute atomic E-state index is 13.4. The van der Waals surface area contributed by atoms with Crippen molar-refractivity contribution in [1.29, 1.82) is 0 Å². The Bertz CT molecular complexity index is 657. The Hall–Kier alpha value is -1.50. The van der Waals surface area contributed by atoms with E-state index in [1.165, 1.54) is 12.1 Å². The van der Waals surface area contributed by atoms with Crippen molar-refractivity contribution in [3.05, 3.63) is 34.6 Å². The van der Waals surface area contributed by atoms with Crippen LogP contribution < -0.4 is 0 Å². The fourth-order valence-electron chi connectivity index (χ4n) is 3.55. The number of benzene rings is 1. The molecule has 1 atom stereocenters. The zero-order valence-electron chi connectivity index (χ0n) is 13.8. The molecule has 1 aromatic carbocycles. The van der Waals surface area contributed by atoms with Gasteiger partial charge in [-0.1, -0.05) is 11.6 Å². The minimum absolute atomic E-state index is 0.0186. The van der Waals surface area contributed by atoms with Crippen LogP contribution in [0.3, 0.4) is 0 Å². The summed E-state index contributed by atoms with van der Waals surface area (Å²) in [6, 6.07) is 4.08. The van der Waals surface area contributed by atoms with E-state index in [9.17, 15) is 19.1 Å². The van der Waals surface area contributed by atoms with Gasteiger partial charge in [-0.2, -0.15) is 0 Å². The van der Waals surface area contributed by atoms with E-state index in [0.29, 0.717) is 25.3 Å². The molecule has 25 heavy (non-hydrogen) atoms. The van der Waals surface area contributed by atoms with Gasteiger partial charge in [-0.3, -0.25) is 9.59 Å².